The van der Waals surface area contributed by atoms with Crippen LogP contribution in [0.15, 0.2) is 18.3 Å². The quantitative estimate of drug-likeness (QED) is 0.603. The van der Waals surface area contributed by atoms with Crippen LogP contribution in [0.25, 0.3) is 0 Å². The first-order chi connectivity index (χ1) is 7.59. The van der Waals surface area contributed by atoms with Crippen molar-refractivity contribution in [3.63, 3.8) is 0 Å². The second kappa shape index (κ2) is 4.05. The predicted octanol–water partition coefficient (Wildman–Crippen LogP) is 1.30. The Balaban J connectivity index is 2.24. The molecule has 1 N–H and O–H groups in total. The highest BCUT2D eigenvalue weighted by Gasteiger charge is 2.29. The molecular weight excluding hydrogens is 210 g/mol. The molecule has 0 radical (unpaired) electrons. The summed E-state index contributed by atoms with van der Waals surface area (Å²) in [4.78, 5) is 15.8. The fourth-order valence-electron chi connectivity index (χ4n) is 1.98. The number of nitrogens with zero attached hydrogens (tertiary/aromatic N) is 3. The summed E-state index contributed by atoms with van der Waals surface area (Å²) in [6.45, 7) is 2.00. The Kier molecular flexibility index (Phi) is 2.74. The molecule has 0 aromatic carbocycles. The van der Waals surface area contributed by atoms with E-state index in [1.165, 1.54) is 12.3 Å². The number of rotatable bonds is 2. The van der Waals surface area contributed by atoms with E-state index in [0.29, 0.717) is 12.2 Å². The third-order valence-electron chi connectivity index (χ3n) is 2.85. The monoisotopic (exact) mass is 223 g/mol. The van der Waals surface area contributed by atoms with Crippen LogP contribution in [0.1, 0.15) is 19.8 Å². The van der Waals surface area contributed by atoms with Crippen molar-refractivity contribution in [2.75, 3.05) is 4.90 Å². The molecule has 6 heteroatoms. The first-order valence-corrected chi connectivity index (χ1v) is 5.16. The highest BCUT2D eigenvalue weighted by atomic mass is 16.6. The van der Waals surface area contributed by atoms with Gasteiger partial charge in [0, 0.05) is 12.1 Å². The van der Waals surface area contributed by atoms with E-state index in [-0.39, 0.29) is 11.7 Å². The maximum Gasteiger partial charge on any atom is 0.287 e. The van der Waals surface area contributed by atoms with Crippen molar-refractivity contribution in [2.24, 2.45) is 0 Å². The zero-order valence-electron chi connectivity index (χ0n) is 8.91. The third kappa shape index (κ3) is 1.83. The number of aliphatic hydroxyl groups excluding tert-OH is 1. The summed E-state index contributed by atoms with van der Waals surface area (Å²) >= 11 is 0. The molecule has 0 spiro atoms. The number of aromatic nitrogens is 1. The molecular formula is C10H13N3O3. The molecule has 0 saturated carbocycles. The molecule has 86 valence electrons. The summed E-state index contributed by atoms with van der Waals surface area (Å²) in [7, 11) is 0. The Morgan fingerprint density at radius 3 is 2.75 bits per heavy atom. The van der Waals surface area contributed by atoms with Crippen LogP contribution in [0.3, 0.4) is 0 Å². The van der Waals surface area contributed by atoms with Crippen LogP contribution in [0.2, 0.25) is 0 Å². The van der Waals surface area contributed by atoms with E-state index < -0.39 is 11.2 Å². The molecule has 2 heterocycles. The molecule has 1 fully saturated rings. The fraction of sp³-hybridized carbons (Fsp3) is 0.500. The van der Waals surface area contributed by atoms with Gasteiger partial charge in [0.05, 0.1) is 4.92 Å². The van der Waals surface area contributed by atoms with Crippen LogP contribution >= 0.6 is 0 Å². The van der Waals surface area contributed by atoms with Gasteiger partial charge in [-0.15, -0.1) is 0 Å². The molecule has 2 atom stereocenters. The SMILES string of the molecule is C[C@@H]1CCC(O)N1c1ccc([N+](=O)[O-])cn1. The Hall–Kier alpha value is -1.69. The number of nitro groups is 1. The third-order valence-corrected chi connectivity index (χ3v) is 2.85. The maximum atomic E-state index is 10.5. The Morgan fingerprint density at radius 2 is 2.31 bits per heavy atom. The van der Waals surface area contributed by atoms with Gasteiger partial charge >= 0.3 is 0 Å². The highest BCUT2D eigenvalue weighted by Crippen LogP contribution is 2.28. The van der Waals surface area contributed by atoms with Crippen molar-refractivity contribution in [2.45, 2.75) is 32.0 Å². The number of hydrogen-bond acceptors (Lipinski definition) is 5. The zero-order chi connectivity index (χ0) is 11.7. The normalized spacial score (nSPS) is 24.8. The largest absolute Gasteiger partial charge is 0.374 e. The summed E-state index contributed by atoms with van der Waals surface area (Å²) in [6.07, 6.45) is 2.29. The van der Waals surface area contributed by atoms with Crippen LogP contribution in [-0.2, 0) is 0 Å². The van der Waals surface area contributed by atoms with Gasteiger partial charge in [0.15, 0.2) is 0 Å². The van der Waals surface area contributed by atoms with Gasteiger partial charge in [-0.25, -0.2) is 4.98 Å². The molecule has 6 nitrogen and oxygen atoms in total. The minimum atomic E-state index is -0.538. The van der Waals surface area contributed by atoms with E-state index in [4.69, 9.17) is 0 Å². The van der Waals surface area contributed by atoms with E-state index in [9.17, 15) is 15.2 Å². The van der Waals surface area contributed by atoms with E-state index in [1.807, 2.05) is 6.92 Å². The molecule has 16 heavy (non-hydrogen) atoms. The lowest BCUT2D eigenvalue weighted by Gasteiger charge is -2.25. The van der Waals surface area contributed by atoms with E-state index in [0.717, 1.165) is 6.42 Å². The summed E-state index contributed by atoms with van der Waals surface area (Å²) in [5, 5.41) is 20.2. The van der Waals surface area contributed by atoms with Gasteiger partial charge in [-0.3, -0.25) is 10.1 Å². The van der Waals surface area contributed by atoms with Gasteiger partial charge in [-0.05, 0) is 25.8 Å². The van der Waals surface area contributed by atoms with Crippen LogP contribution in [0, 0.1) is 10.1 Å². The molecule has 1 aliphatic rings. The minimum Gasteiger partial charge on any atom is -0.374 e. The summed E-state index contributed by atoms with van der Waals surface area (Å²) < 4.78 is 0. The van der Waals surface area contributed by atoms with Gasteiger partial charge in [0.1, 0.15) is 18.2 Å². The molecule has 2 rings (SSSR count). The highest BCUT2D eigenvalue weighted by molar-refractivity contribution is 5.45. The molecule has 1 unspecified atom stereocenters. The van der Waals surface area contributed by atoms with Gasteiger partial charge in [0.2, 0.25) is 0 Å². The van der Waals surface area contributed by atoms with Crippen LogP contribution in [0.5, 0.6) is 0 Å². The summed E-state index contributed by atoms with van der Waals surface area (Å²) in [6, 6.07) is 3.19. The predicted molar refractivity (Wildman–Crippen MR) is 58.1 cm³/mol. The summed E-state index contributed by atoms with van der Waals surface area (Å²) in [5.74, 6) is 0.586. The first-order valence-electron chi connectivity index (χ1n) is 5.16. The van der Waals surface area contributed by atoms with Crippen molar-refractivity contribution in [3.05, 3.63) is 28.4 Å². The van der Waals surface area contributed by atoms with Crippen molar-refractivity contribution in [1.29, 1.82) is 0 Å². The van der Waals surface area contributed by atoms with Crippen LogP contribution in [-0.4, -0.2) is 27.3 Å². The standard InChI is InChI=1S/C10H13N3O3/c1-7-2-5-10(14)12(7)9-4-3-8(6-11-9)13(15)16/h3-4,6-7,10,14H,2,5H2,1H3/t7-,10?/m1/s1. The zero-order valence-corrected chi connectivity index (χ0v) is 8.91. The summed E-state index contributed by atoms with van der Waals surface area (Å²) in [5.41, 5.74) is -0.0370. The second-order valence-electron chi connectivity index (χ2n) is 3.95. The maximum absolute atomic E-state index is 10.5. The molecule has 0 bridgehead atoms. The Bertz CT molecular complexity index is 383. The average Bonchev–Trinajstić information content (AvgIpc) is 2.59. The number of anilines is 1. The van der Waals surface area contributed by atoms with Gasteiger partial charge in [-0.1, -0.05) is 0 Å². The second-order valence-corrected chi connectivity index (χ2v) is 3.95. The molecule has 1 aliphatic heterocycles. The van der Waals surface area contributed by atoms with Crippen LogP contribution in [0.4, 0.5) is 11.5 Å². The lowest BCUT2D eigenvalue weighted by Crippen LogP contribution is -2.34. The lowest BCUT2D eigenvalue weighted by atomic mass is 10.2. The number of pyridine rings is 1. The smallest absolute Gasteiger partial charge is 0.287 e. The van der Waals surface area contributed by atoms with Crippen molar-refractivity contribution in [3.8, 4) is 0 Å². The van der Waals surface area contributed by atoms with Gasteiger partial charge in [0.25, 0.3) is 5.69 Å². The first kappa shape index (κ1) is 10.8. The molecule has 0 aliphatic carbocycles. The Labute approximate surface area is 92.7 Å². The molecule has 1 aromatic rings. The van der Waals surface area contributed by atoms with E-state index in [2.05, 4.69) is 4.98 Å². The van der Waals surface area contributed by atoms with Crippen molar-refractivity contribution < 1.29 is 10.0 Å². The van der Waals surface area contributed by atoms with E-state index >= 15 is 0 Å². The topological polar surface area (TPSA) is 79.5 Å². The lowest BCUT2D eigenvalue weighted by molar-refractivity contribution is -0.385. The van der Waals surface area contributed by atoms with Crippen LogP contribution < -0.4 is 4.90 Å². The number of aliphatic hydroxyl groups is 1. The minimum absolute atomic E-state index is 0.0370. The average molecular weight is 223 g/mol. The van der Waals surface area contributed by atoms with Crippen molar-refractivity contribution >= 4 is 11.5 Å². The Morgan fingerprint density at radius 1 is 1.56 bits per heavy atom. The number of hydrogen-bond donors (Lipinski definition) is 1. The van der Waals surface area contributed by atoms with Gasteiger partial charge in [-0.2, -0.15) is 0 Å². The van der Waals surface area contributed by atoms with Gasteiger partial charge < -0.3 is 10.0 Å². The molecule has 1 aromatic heterocycles. The molecule has 1 saturated heterocycles. The molecule has 0 amide bonds. The van der Waals surface area contributed by atoms with E-state index in [1.54, 1.807) is 11.0 Å². The fourth-order valence-corrected chi connectivity index (χ4v) is 1.98. The van der Waals surface area contributed by atoms with Crippen molar-refractivity contribution in [1.82, 2.24) is 4.98 Å².